The molecule has 0 aliphatic heterocycles. The molecule has 0 fully saturated rings. The van der Waals surface area contributed by atoms with E-state index in [0.29, 0.717) is 22.7 Å². The second-order valence-corrected chi connectivity index (χ2v) is 7.81. The molecule has 0 unspecified atom stereocenters. The van der Waals surface area contributed by atoms with Crippen LogP contribution in [0.4, 0.5) is 5.00 Å². The van der Waals surface area contributed by atoms with Gasteiger partial charge in [-0.3, -0.25) is 9.59 Å². The molecular formula is C19H19BrN2O2S. The minimum Gasteiger partial charge on any atom is -0.348 e. The van der Waals surface area contributed by atoms with Gasteiger partial charge in [-0.15, -0.1) is 17.9 Å². The Kier molecular flexibility index (Phi) is 5.71. The van der Waals surface area contributed by atoms with E-state index < -0.39 is 0 Å². The Bertz CT molecular complexity index is 829. The van der Waals surface area contributed by atoms with Crippen LogP contribution in [0, 0.1) is 0 Å². The molecule has 0 spiro atoms. The fourth-order valence-electron chi connectivity index (χ4n) is 2.96. The number of fused-ring (bicyclic) bond motifs is 1. The fraction of sp³-hybridized carbons (Fsp3) is 0.263. The number of anilines is 1. The molecule has 25 heavy (non-hydrogen) atoms. The summed E-state index contributed by atoms with van der Waals surface area (Å²) in [7, 11) is 0. The van der Waals surface area contributed by atoms with Gasteiger partial charge >= 0.3 is 0 Å². The van der Waals surface area contributed by atoms with Crippen molar-refractivity contribution in [2.45, 2.75) is 25.7 Å². The molecule has 1 aromatic carbocycles. The van der Waals surface area contributed by atoms with Crippen molar-refractivity contribution in [2.75, 3.05) is 11.9 Å². The molecule has 0 bridgehead atoms. The van der Waals surface area contributed by atoms with Gasteiger partial charge in [0.25, 0.3) is 11.8 Å². The van der Waals surface area contributed by atoms with Gasteiger partial charge in [-0.25, -0.2) is 0 Å². The molecule has 3 rings (SSSR count). The second-order valence-electron chi connectivity index (χ2n) is 5.85. The van der Waals surface area contributed by atoms with E-state index in [2.05, 4.69) is 33.1 Å². The summed E-state index contributed by atoms with van der Waals surface area (Å²) in [6.07, 6.45) is 5.69. The van der Waals surface area contributed by atoms with Crippen molar-refractivity contribution in [3.8, 4) is 0 Å². The quantitative estimate of drug-likeness (QED) is 0.699. The number of aryl methyl sites for hydroxylation is 1. The third-order valence-corrected chi connectivity index (χ3v) is 6.05. The summed E-state index contributed by atoms with van der Waals surface area (Å²) in [6.45, 7) is 4.04. The van der Waals surface area contributed by atoms with Gasteiger partial charge in [0.05, 0.1) is 11.1 Å². The van der Waals surface area contributed by atoms with Crippen molar-refractivity contribution in [3.05, 3.63) is 63.0 Å². The van der Waals surface area contributed by atoms with Crippen molar-refractivity contribution in [1.82, 2.24) is 5.32 Å². The SMILES string of the molecule is C=CCNC(=O)c1c(NC(=O)c2ccccc2Br)sc2c1CCCC2. The van der Waals surface area contributed by atoms with Gasteiger partial charge in [0.15, 0.2) is 0 Å². The van der Waals surface area contributed by atoms with Crippen LogP contribution in [0.3, 0.4) is 0 Å². The predicted molar refractivity (Wildman–Crippen MR) is 106 cm³/mol. The van der Waals surface area contributed by atoms with Gasteiger partial charge in [0, 0.05) is 15.9 Å². The van der Waals surface area contributed by atoms with Crippen molar-refractivity contribution in [3.63, 3.8) is 0 Å². The maximum absolute atomic E-state index is 12.7. The summed E-state index contributed by atoms with van der Waals surface area (Å²) >= 11 is 4.92. The average Bonchev–Trinajstić information content (AvgIpc) is 2.97. The van der Waals surface area contributed by atoms with E-state index in [-0.39, 0.29) is 11.8 Å². The highest BCUT2D eigenvalue weighted by Crippen LogP contribution is 2.38. The van der Waals surface area contributed by atoms with Crippen LogP contribution in [0.5, 0.6) is 0 Å². The lowest BCUT2D eigenvalue weighted by molar-refractivity contribution is 0.0958. The molecule has 0 saturated carbocycles. The highest BCUT2D eigenvalue weighted by Gasteiger charge is 2.26. The van der Waals surface area contributed by atoms with E-state index >= 15 is 0 Å². The summed E-state index contributed by atoms with van der Waals surface area (Å²) in [5.41, 5.74) is 2.24. The molecule has 1 aliphatic carbocycles. The van der Waals surface area contributed by atoms with Gasteiger partial charge in [-0.1, -0.05) is 18.2 Å². The molecule has 2 aromatic rings. The molecule has 6 heteroatoms. The van der Waals surface area contributed by atoms with Crippen molar-refractivity contribution in [1.29, 1.82) is 0 Å². The average molecular weight is 419 g/mol. The van der Waals surface area contributed by atoms with Crippen LogP contribution in [-0.2, 0) is 12.8 Å². The number of amides is 2. The monoisotopic (exact) mass is 418 g/mol. The second kappa shape index (κ2) is 7.97. The summed E-state index contributed by atoms with van der Waals surface area (Å²) in [6, 6.07) is 7.26. The van der Waals surface area contributed by atoms with Gasteiger partial charge in [-0.2, -0.15) is 0 Å². The maximum Gasteiger partial charge on any atom is 0.257 e. The topological polar surface area (TPSA) is 58.2 Å². The Morgan fingerprint density at radius 3 is 2.72 bits per heavy atom. The van der Waals surface area contributed by atoms with E-state index in [1.165, 1.54) is 16.2 Å². The predicted octanol–water partition coefficient (Wildman–Crippen LogP) is 4.56. The van der Waals surface area contributed by atoms with E-state index in [4.69, 9.17) is 0 Å². The van der Waals surface area contributed by atoms with Crippen molar-refractivity contribution in [2.24, 2.45) is 0 Å². The molecule has 0 saturated heterocycles. The summed E-state index contributed by atoms with van der Waals surface area (Å²) in [5.74, 6) is -0.370. The standard InChI is InChI=1S/C19H19BrN2O2S/c1-2-11-21-18(24)16-13-8-4-6-10-15(13)25-19(16)22-17(23)12-7-3-5-9-14(12)20/h2-3,5,7,9H,1,4,6,8,10-11H2,(H,21,24)(H,22,23). The lowest BCUT2D eigenvalue weighted by Gasteiger charge is -2.13. The number of halogens is 1. The van der Waals surface area contributed by atoms with E-state index in [1.54, 1.807) is 12.1 Å². The van der Waals surface area contributed by atoms with Crippen LogP contribution in [0.1, 0.15) is 44.0 Å². The van der Waals surface area contributed by atoms with Crippen LogP contribution in [0.25, 0.3) is 0 Å². The van der Waals surface area contributed by atoms with Gasteiger partial charge < -0.3 is 10.6 Å². The van der Waals surface area contributed by atoms with E-state index in [1.807, 2.05) is 18.2 Å². The fourth-order valence-corrected chi connectivity index (χ4v) is 4.71. The maximum atomic E-state index is 12.7. The Morgan fingerprint density at radius 2 is 1.96 bits per heavy atom. The van der Waals surface area contributed by atoms with Gasteiger partial charge in [0.2, 0.25) is 0 Å². The number of thiophene rings is 1. The summed E-state index contributed by atoms with van der Waals surface area (Å²) < 4.78 is 0.728. The molecule has 1 aromatic heterocycles. The smallest absolute Gasteiger partial charge is 0.257 e. The van der Waals surface area contributed by atoms with E-state index in [0.717, 1.165) is 35.7 Å². The highest BCUT2D eigenvalue weighted by atomic mass is 79.9. The number of rotatable bonds is 5. The molecule has 130 valence electrons. The van der Waals surface area contributed by atoms with E-state index in [9.17, 15) is 9.59 Å². The molecule has 0 atom stereocenters. The van der Waals surface area contributed by atoms with Crippen LogP contribution in [-0.4, -0.2) is 18.4 Å². The Labute approximate surface area is 159 Å². The van der Waals surface area contributed by atoms with Crippen molar-refractivity contribution >= 4 is 44.1 Å². The Balaban J connectivity index is 1.93. The number of carbonyl (C=O) groups excluding carboxylic acids is 2. The van der Waals surface area contributed by atoms with Crippen molar-refractivity contribution < 1.29 is 9.59 Å². The molecule has 2 N–H and O–H groups in total. The third kappa shape index (κ3) is 3.85. The molecular weight excluding hydrogens is 400 g/mol. The first-order valence-corrected chi connectivity index (χ1v) is 9.82. The normalized spacial score (nSPS) is 13.0. The molecule has 4 nitrogen and oxygen atoms in total. The Hall–Kier alpha value is -1.92. The zero-order valence-electron chi connectivity index (χ0n) is 13.7. The first-order chi connectivity index (χ1) is 12.1. The third-order valence-electron chi connectivity index (χ3n) is 4.15. The first kappa shape index (κ1) is 17.9. The highest BCUT2D eigenvalue weighted by molar-refractivity contribution is 9.10. The summed E-state index contributed by atoms with van der Waals surface area (Å²) in [4.78, 5) is 26.5. The number of nitrogens with one attached hydrogen (secondary N) is 2. The number of benzene rings is 1. The molecule has 2 amide bonds. The molecule has 0 radical (unpaired) electrons. The van der Waals surface area contributed by atoms with Crippen LogP contribution in [0.15, 0.2) is 41.4 Å². The minimum atomic E-state index is -0.219. The minimum absolute atomic E-state index is 0.151. The zero-order valence-corrected chi connectivity index (χ0v) is 16.1. The van der Waals surface area contributed by atoms with Crippen LogP contribution in [0.2, 0.25) is 0 Å². The Morgan fingerprint density at radius 1 is 1.20 bits per heavy atom. The lowest BCUT2D eigenvalue weighted by Crippen LogP contribution is -2.26. The number of carbonyl (C=O) groups is 2. The van der Waals surface area contributed by atoms with Gasteiger partial charge in [0.1, 0.15) is 5.00 Å². The summed E-state index contributed by atoms with van der Waals surface area (Å²) in [5, 5.41) is 6.42. The number of hydrogen-bond donors (Lipinski definition) is 2. The molecule has 1 heterocycles. The van der Waals surface area contributed by atoms with Crippen LogP contribution < -0.4 is 10.6 Å². The van der Waals surface area contributed by atoms with Crippen LogP contribution >= 0.6 is 27.3 Å². The lowest BCUT2D eigenvalue weighted by atomic mass is 9.95. The number of hydrogen-bond acceptors (Lipinski definition) is 3. The largest absolute Gasteiger partial charge is 0.348 e. The first-order valence-electron chi connectivity index (χ1n) is 8.21. The van der Waals surface area contributed by atoms with Gasteiger partial charge in [-0.05, 0) is 59.3 Å². The molecule has 1 aliphatic rings. The zero-order chi connectivity index (χ0) is 17.8.